The van der Waals surface area contributed by atoms with Gasteiger partial charge in [-0.3, -0.25) is 67.1 Å². The largest absolute Gasteiger partial charge is 0.468 e. The number of anilines is 2. The second-order valence-corrected chi connectivity index (χ2v) is 29.7. The molecule has 0 spiro atoms. The van der Waals surface area contributed by atoms with Gasteiger partial charge in [-0.25, -0.2) is 28.8 Å². The van der Waals surface area contributed by atoms with Crippen molar-refractivity contribution >= 4 is 129 Å². The Morgan fingerprint density at radius 1 is 0.304 bits per heavy atom. The number of methoxy groups -OCH3 is 2. The number of carbonyl (C=O) groups excluding carboxylic acids is 20. The van der Waals surface area contributed by atoms with E-state index in [4.69, 9.17) is 28.4 Å². The number of benzene rings is 2. The van der Waals surface area contributed by atoms with Crippen LogP contribution < -0.4 is 31.9 Å². The highest BCUT2D eigenvalue weighted by atomic mass is 16.6. The molecule has 2 saturated carbocycles. The van der Waals surface area contributed by atoms with Crippen molar-refractivity contribution in [2.75, 3.05) is 77.6 Å². The zero-order valence-corrected chi connectivity index (χ0v) is 65.6. The van der Waals surface area contributed by atoms with Crippen molar-refractivity contribution in [3.63, 3.8) is 0 Å². The van der Waals surface area contributed by atoms with Crippen LogP contribution in [0, 0.1) is 32.5 Å². The van der Waals surface area contributed by atoms with Crippen LogP contribution in [0.4, 0.5) is 11.4 Å². The zero-order valence-electron chi connectivity index (χ0n) is 65.6. The summed E-state index contributed by atoms with van der Waals surface area (Å²) in [6.45, 7) is 13.5. The fraction of sp³-hybridized carbons (Fsp3) is 0.513. The van der Waals surface area contributed by atoms with Crippen LogP contribution in [0.15, 0.2) is 97.1 Å². The number of Topliss-reactive ketones (excluding diaryl/α,β-unsaturated/α-hetero) is 6. The summed E-state index contributed by atoms with van der Waals surface area (Å²) in [7, 11) is 2.22. The van der Waals surface area contributed by atoms with Crippen molar-refractivity contribution < 1.29 is 134 Å². The summed E-state index contributed by atoms with van der Waals surface area (Å²) in [4.78, 5) is 241. The third-order valence-electron chi connectivity index (χ3n) is 16.6. The molecule has 2 aromatic carbocycles. The van der Waals surface area contributed by atoms with Crippen molar-refractivity contribution in [2.24, 2.45) is 32.5 Å². The molecular weight excluding hydrogens is 1470 g/mol. The molecule has 0 saturated heterocycles. The minimum absolute atomic E-state index is 0.0148. The van der Waals surface area contributed by atoms with Gasteiger partial charge in [-0.05, 0) is 133 Å². The Balaban J connectivity index is 0.000000570. The lowest BCUT2D eigenvalue weighted by Crippen LogP contribution is -2.46. The van der Waals surface area contributed by atoms with Crippen LogP contribution in [0.25, 0.3) is 0 Å². The van der Waals surface area contributed by atoms with Gasteiger partial charge in [-0.1, -0.05) is 74.9 Å². The van der Waals surface area contributed by atoms with Crippen LogP contribution in [-0.4, -0.2) is 197 Å². The fourth-order valence-electron chi connectivity index (χ4n) is 9.47. The van der Waals surface area contributed by atoms with Crippen molar-refractivity contribution in [1.29, 1.82) is 0 Å². The van der Waals surface area contributed by atoms with Crippen molar-refractivity contribution in [3.05, 3.63) is 97.1 Å². The maximum absolute atomic E-state index is 12.6. The Bertz CT molecular complexity index is 3610. The third-order valence-corrected chi connectivity index (χ3v) is 16.6. The van der Waals surface area contributed by atoms with E-state index < -0.39 is 190 Å². The molecule has 2 aromatic rings. The Kier molecular flexibility index (Phi) is 39.6. The molecule has 0 aliphatic heterocycles. The standard InChI is InChI=1S/C28H42N2O8.C28H30N2O8.C22H30N2O12/c2*1-27(2,23(33)25(35)29-19-11-7-5-8-12-19)17-37-21(31)15-16-22(32)38-18-28(3,4)24(34)26(36)30-20-13-9-6-10-14-20;1-21(2,17(29)19(31)23-9-15(27)33-5)11-35-13(25)7-8-14(26)36-12-22(3,4)18(30)20(32)24-10-16(28)34-6/h15-16,19-20H,5-14,17-18H2,1-4H3,(H,29,35)(H,30,36);5-16H,17-18H2,1-4H3,(H,29,35)(H,30,36);7-8H,9-12H2,1-6H3,(H,23,31)(H,24,32)/b2*16-15+;8-7+. The minimum atomic E-state index is -1.44. The van der Waals surface area contributed by atoms with Crippen LogP contribution in [-0.2, 0) is 134 Å². The SMILES string of the molecule is CC(C)(COC(=O)/C=C/C(=O)OCC(C)(C)C(=O)C(=O)NC1CCCCC1)C(=O)C(=O)NC1CCCCC1.CC(C)(COC(=O)/C=C/C(=O)OCC(C)(C)C(=O)C(=O)Nc1ccccc1)C(=O)C(=O)Nc1ccccc1.COC(=O)CNC(=O)C(=O)C(C)(C)COC(=O)/C=C/C(=O)OCC(C)(C)C(=O)C(=O)NCC(=O)OC. The number of amides is 6. The molecule has 0 heterocycles. The second kappa shape index (κ2) is 46.1. The highest BCUT2D eigenvalue weighted by molar-refractivity contribution is 6.43. The van der Waals surface area contributed by atoms with Crippen LogP contribution in [0.2, 0.25) is 0 Å². The molecule has 0 unspecified atom stereocenters. The molecule has 112 heavy (non-hydrogen) atoms. The molecular formula is C78H102N6O28. The summed E-state index contributed by atoms with van der Waals surface area (Å²) in [5, 5.41) is 14.6. The molecule has 2 aliphatic carbocycles. The number of hydrogen-bond acceptors (Lipinski definition) is 28. The first-order valence-electron chi connectivity index (χ1n) is 35.6. The third kappa shape index (κ3) is 35.7. The average Bonchev–Trinajstić information content (AvgIpc) is 0.858. The van der Waals surface area contributed by atoms with E-state index in [9.17, 15) is 95.9 Å². The Morgan fingerprint density at radius 3 is 0.723 bits per heavy atom. The van der Waals surface area contributed by atoms with Gasteiger partial charge >= 0.3 is 47.8 Å². The minimum Gasteiger partial charge on any atom is -0.468 e. The number of ether oxygens (including phenoxy) is 8. The summed E-state index contributed by atoms with van der Waals surface area (Å²) in [6.07, 6.45) is 14.3. The van der Waals surface area contributed by atoms with E-state index in [0.717, 1.165) is 103 Å². The van der Waals surface area contributed by atoms with Gasteiger partial charge in [0.05, 0.1) is 46.7 Å². The van der Waals surface area contributed by atoms with E-state index in [1.54, 1.807) is 60.7 Å². The van der Waals surface area contributed by atoms with Gasteiger partial charge in [0, 0.05) is 59.9 Å². The summed E-state index contributed by atoms with van der Waals surface area (Å²) in [5.74, 6) is -17.3. The zero-order chi connectivity index (χ0) is 84.8. The van der Waals surface area contributed by atoms with Gasteiger partial charge < -0.3 is 69.8 Å². The maximum Gasteiger partial charge on any atom is 0.331 e. The molecule has 4 rings (SSSR count). The summed E-state index contributed by atoms with van der Waals surface area (Å²) in [5.41, 5.74) is -7.13. The monoisotopic (exact) mass is 1570 g/mol. The second-order valence-electron chi connectivity index (χ2n) is 29.7. The lowest BCUT2D eigenvalue weighted by molar-refractivity contribution is -0.151. The first-order valence-corrected chi connectivity index (χ1v) is 35.6. The fourth-order valence-corrected chi connectivity index (χ4v) is 9.47. The number of nitrogens with one attached hydrogen (secondary N) is 6. The molecule has 34 heteroatoms. The smallest absolute Gasteiger partial charge is 0.331 e. The van der Waals surface area contributed by atoms with E-state index in [1.165, 1.54) is 83.1 Å². The first-order chi connectivity index (χ1) is 52.2. The number of hydrogen-bond donors (Lipinski definition) is 6. The molecule has 6 amide bonds. The molecule has 0 bridgehead atoms. The van der Waals surface area contributed by atoms with E-state index in [2.05, 4.69) is 41.4 Å². The predicted octanol–water partition coefficient (Wildman–Crippen LogP) is 4.21. The Morgan fingerprint density at radius 2 is 0.509 bits per heavy atom. The summed E-state index contributed by atoms with van der Waals surface area (Å²) in [6, 6.07) is 16.8. The van der Waals surface area contributed by atoms with E-state index in [-0.39, 0.29) is 25.3 Å². The van der Waals surface area contributed by atoms with Crippen LogP contribution >= 0.6 is 0 Å². The summed E-state index contributed by atoms with van der Waals surface area (Å²) >= 11 is 0. The maximum atomic E-state index is 12.6. The first kappa shape index (κ1) is 96.3. The number of carbonyl (C=O) groups is 20. The Labute approximate surface area is 648 Å². The molecule has 0 radical (unpaired) electrons. The van der Waals surface area contributed by atoms with Gasteiger partial charge in [0.1, 0.15) is 52.7 Å². The molecule has 0 atom stereocenters. The lowest BCUT2D eigenvalue weighted by Gasteiger charge is -2.26. The highest BCUT2D eigenvalue weighted by Crippen LogP contribution is 2.26. The Hall–Kier alpha value is -11.7. The quantitative estimate of drug-likeness (QED) is 0.0237. The molecule has 612 valence electrons. The van der Waals surface area contributed by atoms with Gasteiger partial charge in [-0.15, -0.1) is 0 Å². The average molecular weight is 1570 g/mol. The van der Waals surface area contributed by atoms with Gasteiger partial charge in [0.25, 0.3) is 35.4 Å². The molecule has 2 aliphatic rings. The van der Waals surface area contributed by atoms with Crippen molar-refractivity contribution in [3.8, 4) is 0 Å². The molecule has 0 aromatic heterocycles. The molecule has 6 N–H and O–H groups in total. The van der Waals surface area contributed by atoms with Crippen molar-refractivity contribution in [2.45, 2.75) is 159 Å². The summed E-state index contributed by atoms with van der Waals surface area (Å²) < 4.78 is 38.6. The lowest BCUT2D eigenvalue weighted by atomic mass is 9.87. The number of rotatable bonds is 38. The van der Waals surface area contributed by atoms with E-state index in [0.29, 0.717) is 23.5 Å². The van der Waals surface area contributed by atoms with Crippen molar-refractivity contribution in [1.82, 2.24) is 21.3 Å². The van der Waals surface area contributed by atoms with Gasteiger partial charge in [-0.2, -0.15) is 0 Å². The van der Waals surface area contributed by atoms with E-state index in [1.807, 2.05) is 0 Å². The molecule has 34 nitrogen and oxygen atoms in total. The van der Waals surface area contributed by atoms with Gasteiger partial charge in [0.15, 0.2) is 0 Å². The topological polar surface area (TPSA) is 487 Å². The molecule has 2 fully saturated rings. The number of ketones is 6. The van der Waals surface area contributed by atoms with Crippen LogP contribution in [0.1, 0.15) is 147 Å². The number of esters is 8. The predicted molar refractivity (Wildman–Crippen MR) is 396 cm³/mol. The van der Waals surface area contributed by atoms with Gasteiger partial charge in [0.2, 0.25) is 34.7 Å². The van der Waals surface area contributed by atoms with Crippen LogP contribution in [0.5, 0.6) is 0 Å². The normalized spacial score (nSPS) is 13.4. The van der Waals surface area contributed by atoms with Crippen LogP contribution in [0.3, 0.4) is 0 Å². The van der Waals surface area contributed by atoms with E-state index >= 15 is 0 Å². The number of para-hydroxylation sites is 2. The highest BCUT2D eigenvalue weighted by Gasteiger charge is 2.41.